The zero-order valence-corrected chi connectivity index (χ0v) is 7.64. The van der Waals surface area contributed by atoms with Gasteiger partial charge in [0.15, 0.2) is 0 Å². The predicted molar refractivity (Wildman–Crippen MR) is 54.1 cm³/mol. The quantitative estimate of drug-likeness (QED) is 0.695. The summed E-state index contributed by atoms with van der Waals surface area (Å²) in [6.45, 7) is 0.834. The van der Waals surface area contributed by atoms with Gasteiger partial charge in [-0.25, -0.2) is 0 Å². The Hall–Kier alpha value is -1.28. The van der Waals surface area contributed by atoms with E-state index in [9.17, 15) is 4.79 Å². The lowest BCUT2D eigenvalue weighted by Crippen LogP contribution is -2.04. The molecule has 1 N–H and O–H groups in total. The van der Waals surface area contributed by atoms with Crippen LogP contribution >= 0.6 is 11.6 Å². The number of fused-ring (bicyclic) bond motifs is 1. The van der Waals surface area contributed by atoms with Crippen molar-refractivity contribution in [1.82, 2.24) is 0 Å². The van der Waals surface area contributed by atoms with Crippen molar-refractivity contribution in [2.24, 2.45) is 0 Å². The number of carbonyl (C=O) groups excluding carboxylic acids is 1. The molecule has 0 aromatic heterocycles. The van der Waals surface area contributed by atoms with Gasteiger partial charge in [-0.1, -0.05) is 12.2 Å². The number of hydrogen-bond acceptors (Lipinski definition) is 2. The van der Waals surface area contributed by atoms with E-state index in [2.05, 4.69) is 5.32 Å². The van der Waals surface area contributed by atoms with Crippen LogP contribution in [0.15, 0.2) is 24.3 Å². The standard InChI is InChI=1S/C10H8ClNO/c11-10(13)8-3-4-9-7(6-8)2-1-5-12-9/h1-4,6,12H,5H2. The van der Waals surface area contributed by atoms with Crippen molar-refractivity contribution in [2.45, 2.75) is 0 Å². The molecule has 2 nitrogen and oxygen atoms in total. The van der Waals surface area contributed by atoms with Crippen LogP contribution in [0.3, 0.4) is 0 Å². The fraction of sp³-hybridized carbons (Fsp3) is 0.100. The highest BCUT2D eigenvalue weighted by molar-refractivity contribution is 6.67. The summed E-state index contributed by atoms with van der Waals surface area (Å²) in [6, 6.07) is 5.38. The fourth-order valence-electron chi connectivity index (χ4n) is 1.34. The second-order valence-electron chi connectivity index (χ2n) is 2.86. The molecule has 2 rings (SSSR count). The zero-order valence-electron chi connectivity index (χ0n) is 6.88. The molecule has 0 unspecified atom stereocenters. The number of anilines is 1. The number of rotatable bonds is 1. The molecule has 1 aromatic carbocycles. The largest absolute Gasteiger partial charge is 0.381 e. The molecule has 0 saturated carbocycles. The smallest absolute Gasteiger partial charge is 0.252 e. The van der Waals surface area contributed by atoms with Crippen LogP contribution in [0.1, 0.15) is 15.9 Å². The molecule has 3 heteroatoms. The third-order valence-corrected chi connectivity index (χ3v) is 2.20. The van der Waals surface area contributed by atoms with E-state index in [0.717, 1.165) is 17.8 Å². The van der Waals surface area contributed by atoms with Crippen molar-refractivity contribution < 1.29 is 4.79 Å². The Balaban J connectivity index is 2.48. The minimum absolute atomic E-state index is 0.415. The van der Waals surface area contributed by atoms with Crippen molar-refractivity contribution in [3.05, 3.63) is 35.4 Å². The topological polar surface area (TPSA) is 29.1 Å². The first-order valence-corrected chi connectivity index (χ1v) is 4.39. The van der Waals surface area contributed by atoms with Crippen LogP contribution in [-0.2, 0) is 0 Å². The Morgan fingerprint density at radius 3 is 3.08 bits per heavy atom. The Morgan fingerprint density at radius 2 is 2.31 bits per heavy atom. The van der Waals surface area contributed by atoms with Gasteiger partial charge in [0.25, 0.3) is 5.24 Å². The van der Waals surface area contributed by atoms with Gasteiger partial charge in [0.1, 0.15) is 0 Å². The zero-order chi connectivity index (χ0) is 9.26. The van der Waals surface area contributed by atoms with E-state index < -0.39 is 5.24 Å². The normalized spacial score (nSPS) is 13.3. The lowest BCUT2D eigenvalue weighted by molar-refractivity contribution is 0.108. The van der Waals surface area contributed by atoms with E-state index in [1.165, 1.54) is 0 Å². The fourth-order valence-corrected chi connectivity index (χ4v) is 1.46. The molecule has 1 aromatic rings. The number of benzene rings is 1. The van der Waals surface area contributed by atoms with Gasteiger partial charge in [0.2, 0.25) is 0 Å². The highest BCUT2D eigenvalue weighted by Crippen LogP contribution is 2.22. The summed E-state index contributed by atoms with van der Waals surface area (Å²) in [4.78, 5) is 10.9. The van der Waals surface area contributed by atoms with E-state index in [0.29, 0.717) is 5.56 Å². The van der Waals surface area contributed by atoms with Gasteiger partial charge in [-0.3, -0.25) is 4.79 Å². The van der Waals surface area contributed by atoms with Gasteiger partial charge in [0, 0.05) is 17.8 Å². The Labute approximate surface area is 81.2 Å². The first-order valence-electron chi connectivity index (χ1n) is 4.01. The number of hydrogen-bond donors (Lipinski definition) is 1. The SMILES string of the molecule is O=C(Cl)c1ccc2c(c1)C=CCN2. The van der Waals surface area contributed by atoms with Gasteiger partial charge >= 0.3 is 0 Å². The summed E-state index contributed by atoms with van der Waals surface area (Å²) < 4.78 is 0. The predicted octanol–water partition coefficient (Wildman–Crippen LogP) is 2.50. The summed E-state index contributed by atoms with van der Waals surface area (Å²) in [7, 11) is 0. The molecule has 66 valence electrons. The van der Waals surface area contributed by atoms with Crippen LogP contribution in [0.4, 0.5) is 5.69 Å². The van der Waals surface area contributed by atoms with E-state index >= 15 is 0 Å². The van der Waals surface area contributed by atoms with Gasteiger partial charge in [-0.15, -0.1) is 0 Å². The molecule has 0 bridgehead atoms. The van der Waals surface area contributed by atoms with Crippen LogP contribution in [0.25, 0.3) is 6.08 Å². The molecule has 0 amide bonds. The number of halogens is 1. The highest BCUT2D eigenvalue weighted by Gasteiger charge is 2.07. The summed E-state index contributed by atoms with van der Waals surface area (Å²) in [5.41, 5.74) is 2.59. The van der Waals surface area contributed by atoms with E-state index in [1.807, 2.05) is 18.2 Å². The Kier molecular flexibility index (Phi) is 2.07. The molecule has 0 aliphatic carbocycles. The van der Waals surface area contributed by atoms with Crippen molar-refractivity contribution in [3.63, 3.8) is 0 Å². The molecule has 0 saturated heterocycles. The second-order valence-corrected chi connectivity index (χ2v) is 3.20. The minimum Gasteiger partial charge on any atom is -0.381 e. The summed E-state index contributed by atoms with van der Waals surface area (Å²) in [6.07, 6.45) is 3.99. The summed E-state index contributed by atoms with van der Waals surface area (Å²) in [5, 5.41) is 2.77. The lowest BCUT2D eigenvalue weighted by atomic mass is 10.1. The molecule has 1 aliphatic rings. The molecule has 1 aliphatic heterocycles. The van der Waals surface area contributed by atoms with Crippen molar-refractivity contribution in [3.8, 4) is 0 Å². The maximum Gasteiger partial charge on any atom is 0.252 e. The summed E-state index contributed by atoms with van der Waals surface area (Å²) in [5.74, 6) is 0. The van der Waals surface area contributed by atoms with Crippen molar-refractivity contribution in [2.75, 3.05) is 11.9 Å². The monoisotopic (exact) mass is 193 g/mol. The van der Waals surface area contributed by atoms with Crippen molar-refractivity contribution >= 4 is 28.6 Å². The third kappa shape index (κ3) is 1.58. The van der Waals surface area contributed by atoms with E-state index in [4.69, 9.17) is 11.6 Å². The molecule has 1 heterocycles. The van der Waals surface area contributed by atoms with Gasteiger partial charge < -0.3 is 5.32 Å². The van der Waals surface area contributed by atoms with Crippen LogP contribution in [0, 0.1) is 0 Å². The van der Waals surface area contributed by atoms with Gasteiger partial charge in [0.05, 0.1) is 0 Å². The average molecular weight is 194 g/mol. The van der Waals surface area contributed by atoms with Crippen LogP contribution < -0.4 is 5.32 Å². The molecule has 0 fully saturated rings. The summed E-state index contributed by atoms with van der Waals surface area (Å²) >= 11 is 5.36. The molecular formula is C10H8ClNO. The number of carbonyl (C=O) groups is 1. The maximum atomic E-state index is 10.9. The van der Waals surface area contributed by atoms with Crippen molar-refractivity contribution in [1.29, 1.82) is 0 Å². The number of nitrogens with one attached hydrogen (secondary N) is 1. The third-order valence-electron chi connectivity index (χ3n) is 1.99. The van der Waals surface area contributed by atoms with E-state index in [1.54, 1.807) is 12.1 Å². The first-order chi connectivity index (χ1) is 6.27. The first kappa shape index (κ1) is 8.32. The molecule has 13 heavy (non-hydrogen) atoms. The van der Waals surface area contributed by atoms with Crippen LogP contribution in [-0.4, -0.2) is 11.8 Å². The molecule has 0 radical (unpaired) electrons. The average Bonchev–Trinajstić information content (AvgIpc) is 2.17. The highest BCUT2D eigenvalue weighted by atomic mass is 35.5. The van der Waals surface area contributed by atoms with Gasteiger partial charge in [-0.2, -0.15) is 0 Å². The maximum absolute atomic E-state index is 10.9. The molecule has 0 spiro atoms. The van der Waals surface area contributed by atoms with Crippen LogP contribution in [0.5, 0.6) is 0 Å². The van der Waals surface area contributed by atoms with E-state index in [-0.39, 0.29) is 0 Å². The molecular weight excluding hydrogens is 186 g/mol. The Morgan fingerprint density at radius 1 is 1.46 bits per heavy atom. The minimum atomic E-state index is -0.415. The Bertz CT molecular complexity index is 385. The molecule has 0 atom stereocenters. The lowest BCUT2D eigenvalue weighted by Gasteiger charge is -2.12. The second kappa shape index (κ2) is 3.23. The van der Waals surface area contributed by atoms with Crippen LogP contribution in [0.2, 0.25) is 0 Å². The van der Waals surface area contributed by atoms with Gasteiger partial charge in [-0.05, 0) is 35.4 Å².